The molecule has 0 atom stereocenters. The van der Waals surface area contributed by atoms with Crippen molar-refractivity contribution < 1.29 is 9.59 Å². The molecule has 1 saturated heterocycles. The van der Waals surface area contributed by atoms with Gasteiger partial charge in [0.05, 0.1) is 0 Å². The highest BCUT2D eigenvalue weighted by atomic mass is 35.5. The third-order valence-electron chi connectivity index (χ3n) is 3.84. The summed E-state index contributed by atoms with van der Waals surface area (Å²) in [6, 6.07) is 14.5. The number of hydrogen-bond donors (Lipinski definition) is 0. The fourth-order valence-corrected chi connectivity index (χ4v) is 2.82. The Kier molecular flexibility index (Phi) is 4.58. The summed E-state index contributed by atoms with van der Waals surface area (Å²) in [6.45, 7) is 0.714. The molecule has 3 rings (SSSR count). The normalized spacial score (nSPS) is 14.7. The number of amides is 1. The third-order valence-corrected chi connectivity index (χ3v) is 4.18. The Morgan fingerprint density at radius 3 is 2.70 bits per heavy atom. The maximum Gasteiger partial charge on any atom is 0.227 e. The van der Waals surface area contributed by atoms with Crippen LogP contribution in [0.2, 0.25) is 5.02 Å². The van der Waals surface area contributed by atoms with Gasteiger partial charge in [0, 0.05) is 29.2 Å². The average Bonchev–Trinajstić information content (AvgIpc) is 3.00. The molecule has 1 heterocycles. The van der Waals surface area contributed by atoms with Crippen molar-refractivity contribution in [3.63, 3.8) is 0 Å². The number of carbonyl (C=O) groups is 2. The summed E-state index contributed by atoms with van der Waals surface area (Å²) in [7, 11) is 0. The average molecular weight is 326 g/mol. The van der Waals surface area contributed by atoms with E-state index in [0.717, 1.165) is 17.7 Å². The summed E-state index contributed by atoms with van der Waals surface area (Å²) in [5.74, 6) is -0.000348. The maximum absolute atomic E-state index is 12.3. The second-order valence-corrected chi connectivity index (χ2v) is 5.83. The molecule has 0 radical (unpaired) electrons. The molecule has 4 heteroatoms. The number of hydrogen-bond acceptors (Lipinski definition) is 2. The molecule has 0 saturated carbocycles. The number of carbonyl (C=O) groups excluding carboxylic acids is 2. The van der Waals surface area contributed by atoms with Gasteiger partial charge in [0.25, 0.3) is 0 Å². The third kappa shape index (κ3) is 3.51. The van der Waals surface area contributed by atoms with E-state index in [1.165, 1.54) is 6.08 Å². The Morgan fingerprint density at radius 1 is 1.13 bits per heavy atom. The smallest absolute Gasteiger partial charge is 0.227 e. The molecular weight excluding hydrogens is 310 g/mol. The van der Waals surface area contributed by atoms with Gasteiger partial charge in [-0.1, -0.05) is 41.9 Å². The second kappa shape index (κ2) is 6.80. The minimum Gasteiger partial charge on any atom is -0.312 e. The molecule has 23 heavy (non-hydrogen) atoms. The van der Waals surface area contributed by atoms with E-state index in [4.69, 9.17) is 11.6 Å². The predicted octanol–water partition coefficient (Wildman–Crippen LogP) is 4.36. The van der Waals surface area contributed by atoms with Crippen LogP contribution in [0.5, 0.6) is 0 Å². The van der Waals surface area contributed by atoms with Crippen LogP contribution in [0.4, 0.5) is 5.69 Å². The fourth-order valence-electron chi connectivity index (χ4n) is 2.62. The number of rotatable bonds is 4. The first-order valence-corrected chi connectivity index (χ1v) is 7.90. The maximum atomic E-state index is 12.3. The van der Waals surface area contributed by atoms with E-state index in [1.54, 1.807) is 35.2 Å². The van der Waals surface area contributed by atoms with Crippen LogP contribution in [0.3, 0.4) is 0 Å². The zero-order valence-electron chi connectivity index (χ0n) is 12.5. The lowest BCUT2D eigenvalue weighted by molar-refractivity contribution is -0.117. The summed E-state index contributed by atoms with van der Waals surface area (Å²) in [6.07, 6.45) is 4.65. The number of anilines is 1. The SMILES string of the molecule is O=C(/C=C/c1ccccc1Cl)c1cccc(N2CCCC2=O)c1. The van der Waals surface area contributed by atoms with Crippen LogP contribution < -0.4 is 4.90 Å². The van der Waals surface area contributed by atoms with E-state index in [9.17, 15) is 9.59 Å². The van der Waals surface area contributed by atoms with Crippen molar-refractivity contribution in [2.24, 2.45) is 0 Å². The Morgan fingerprint density at radius 2 is 1.96 bits per heavy atom. The van der Waals surface area contributed by atoms with Crippen molar-refractivity contribution >= 4 is 35.1 Å². The largest absolute Gasteiger partial charge is 0.312 e. The first-order chi connectivity index (χ1) is 11.1. The number of nitrogens with zero attached hydrogens (tertiary/aromatic N) is 1. The number of benzene rings is 2. The highest BCUT2D eigenvalue weighted by Crippen LogP contribution is 2.23. The van der Waals surface area contributed by atoms with E-state index in [1.807, 2.05) is 24.3 Å². The van der Waals surface area contributed by atoms with Crippen molar-refractivity contribution in [1.82, 2.24) is 0 Å². The first-order valence-electron chi connectivity index (χ1n) is 7.52. The summed E-state index contributed by atoms with van der Waals surface area (Å²) >= 11 is 6.07. The topological polar surface area (TPSA) is 37.4 Å². The number of ketones is 1. The van der Waals surface area contributed by atoms with Crippen LogP contribution in [-0.2, 0) is 4.79 Å². The Bertz CT molecular complexity index is 782. The summed E-state index contributed by atoms with van der Waals surface area (Å²) in [4.78, 5) is 25.9. The summed E-state index contributed by atoms with van der Waals surface area (Å²) < 4.78 is 0. The van der Waals surface area contributed by atoms with Crippen LogP contribution in [0, 0.1) is 0 Å². The van der Waals surface area contributed by atoms with Crippen LogP contribution in [0.15, 0.2) is 54.6 Å². The predicted molar refractivity (Wildman–Crippen MR) is 92.8 cm³/mol. The van der Waals surface area contributed by atoms with Gasteiger partial charge in [-0.15, -0.1) is 0 Å². The minimum absolute atomic E-state index is 0.112. The highest BCUT2D eigenvalue weighted by molar-refractivity contribution is 6.32. The lowest BCUT2D eigenvalue weighted by Crippen LogP contribution is -2.23. The molecule has 0 bridgehead atoms. The van der Waals surface area contributed by atoms with E-state index in [-0.39, 0.29) is 11.7 Å². The van der Waals surface area contributed by atoms with Gasteiger partial charge < -0.3 is 4.90 Å². The molecule has 2 aromatic carbocycles. The molecule has 116 valence electrons. The zero-order chi connectivity index (χ0) is 16.2. The van der Waals surface area contributed by atoms with Crippen molar-refractivity contribution in [2.45, 2.75) is 12.8 Å². The first kappa shape index (κ1) is 15.5. The molecule has 0 spiro atoms. The van der Waals surface area contributed by atoms with Crippen LogP contribution in [0.1, 0.15) is 28.8 Å². The van der Waals surface area contributed by atoms with Crippen LogP contribution in [-0.4, -0.2) is 18.2 Å². The monoisotopic (exact) mass is 325 g/mol. The molecule has 3 nitrogen and oxygen atoms in total. The van der Waals surface area contributed by atoms with Gasteiger partial charge in [-0.05, 0) is 42.3 Å². The van der Waals surface area contributed by atoms with E-state index in [2.05, 4.69) is 0 Å². The minimum atomic E-state index is -0.113. The molecule has 0 N–H and O–H groups in total. The molecule has 0 unspecified atom stereocenters. The van der Waals surface area contributed by atoms with Crippen molar-refractivity contribution in [1.29, 1.82) is 0 Å². The van der Waals surface area contributed by atoms with E-state index in [0.29, 0.717) is 23.6 Å². The molecule has 1 aliphatic heterocycles. The van der Waals surface area contributed by atoms with Crippen molar-refractivity contribution in [3.8, 4) is 0 Å². The molecule has 1 fully saturated rings. The highest BCUT2D eigenvalue weighted by Gasteiger charge is 2.21. The fraction of sp³-hybridized carbons (Fsp3) is 0.158. The van der Waals surface area contributed by atoms with Gasteiger partial charge in [0.15, 0.2) is 5.78 Å². The second-order valence-electron chi connectivity index (χ2n) is 5.42. The van der Waals surface area contributed by atoms with Crippen LogP contribution in [0.25, 0.3) is 6.08 Å². The van der Waals surface area contributed by atoms with Crippen LogP contribution >= 0.6 is 11.6 Å². The van der Waals surface area contributed by atoms with Gasteiger partial charge in [-0.25, -0.2) is 0 Å². The number of halogens is 1. The van der Waals surface area contributed by atoms with Gasteiger partial charge in [-0.3, -0.25) is 9.59 Å². The van der Waals surface area contributed by atoms with Gasteiger partial charge in [-0.2, -0.15) is 0 Å². The van der Waals surface area contributed by atoms with Gasteiger partial charge >= 0.3 is 0 Å². The molecule has 0 aromatic heterocycles. The molecular formula is C19H16ClNO2. The zero-order valence-corrected chi connectivity index (χ0v) is 13.3. The lowest BCUT2D eigenvalue weighted by Gasteiger charge is -2.16. The molecule has 2 aromatic rings. The quantitative estimate of drug-likeness (QED) is 0.618. The molecule has 1 amide bonds. The number of allylic oxidation sites excluding steroid dienone is 1. The van der Waals surface area contributed by atoms with Crippen molar-refractivity contribution in [2.75, 3.05) is 11.4 Å². The lowest BCUT2D eigenvalue weighted by atomic mass is 10.1. The van der Waals surface area contributed by atoms with Gasteiger partial charge in [0.2, 0.25) is 5.91 Å². The molecule has 0 aliphatic carbocycles. The Labute approximate surface area is 140 Å². The Balaban J connectivity index is 1.80. The van der Waals surface area contributed by atoms with E-state index < -0.39 is 0 Å². The van der Waals surface area contributed by atoms with E-state index >= 15 is 0 Å². The molecule has 1 aliphatic rings. The van der Waals surface area contributed by atoms with Crippen molar-refractivity contribution in [3.05, 3.63) is 70.8 Å². The standard InChI is InChI=1S/C19H16ClNO2/c20-17-8-2-1-5-14(17)10-11-18(22)15-6-3-7-16(13-15)21-12-4-9-19(21)23/h1-3,5-8,10-11,13H,4,9,12H2/b11-10+. The summed E-state index contributed by atoms with van der Waals surface area (Å²) in [5.41, 5.74) is 2.14. The Hall–Kier alpha value is -2.39. The van der Waals surface area contributed by atoms with Gasteiger partial charge in [0.1, 0.15) is 0 Å². The summed E-state index contributed by atoms with van der Waals surface area (Å²) in [5, 5.41) is 0.605.